The second kappa shape index (κ2) is 7.54. The molecule has 21 heavy (non-hydrogen) atoms. The molecular formula is C15H27N3O3. The third kappa shape index (κ3) is 5.83. The van der Waals surface area contributed by atoms with Crippen LogP contribution in [-0.4, -0.2) is 33.8 Å². The molecule has 2 N–H and O–H groups in total. The van der Waals surface area contributed by atoms with Crippen LogP contribution in [-0.2, 0) is 16.6 Å². The highest BCUT2D eigenvalue weighted by atomic mass is 16.5. The number of aliphatic hydroxyl groups is 1. The lowest BCUT2D eigenvalue weighted by atomic mass is 9.96. The van der Waals surface area contributed by atoms with E-state index in [4.69, 9.17) is 9.63 Å². The zero-order valence-electron chi connectivity index (χ0n) is 13.6. The number of aliphatic hydroxyl groups excluding tert-OH is 1. The Morgan fingerprint density at radius 1 is 1.38 bits per heavy atom. The van der Waals surface area contributed by atoms with Gasteiger partial charge in [0.05, 0.1) is 0 Å². The predicted octanol–water partition coefficient (Wildman–Crippen LogP) is 1.82. The van der Waals surface area contributed by atoms with Crippen LogP contribution in [0.4, 0.5) is 0 Å². The van der Waals surface area contributed by atoms with Gasteiger partial charge >= 0.3 is 0 Å². The molecule has 0 radical (unpaired) electrons. The van der Waals surface area contributed by atoms with Gasteiger partial charge in [0.15, 0.2) is 5.82 Å². The highest BCUT2D eigenvalue weighted by Gasteiger charge is 2.21. The number of nitrogens with zero attached hydrogens (tertiary/aromatic N) is 2. The van der Waals surface area contributed by atoms with Gasteiger partial charge in [-0.1, -0.05) is 32.9 Å². The maximum absolute atomic E-state index is 11.8. The van der Waals surface area contributed by atoms with E-state index in [2.05, 4.69) is 15.5 Å². The minimum Gasteiger partial charge on any atom is -0.396 e. The van der Waals surface area contributed by atoms with Crippen LogP contribution in [0.1, 0.15) is 59.2 Å². The van der Waals surface area contributed by atoms with E-state index < -0.39 is 0 Å². The Hall–Kier alpha value is -1.43. The van der Waals surface area contributed by atoms with Crippen molar-refractivity contribution in [2.24, 2.45) is 5.92 Å². The smallest absolute Gasteiger partial charge is 0.226 e. The molecule has 1 amide bonds. The zero-order chi connectivity index (χ0) is 16.0. The molecule has 1 heterocycles. The molecule has 0 bridgehead atoms. The van der Waals surface area contributed by atoms with Crippen LogP contribution < -0.4 is 5.32 Å². The third-order valence-electron chi connectivity index (χ3n) is 3.46. The summed E-state index contributed by atoms with van der Waals surface area (Å²) >= 11 is 0. The van der Waals surface area contributed by atoms with E-state index in [0.29, 0.717) is 31.0 Å². The number of carbonyl (C=O) groups excluding carboxylic acids is 1. The second-order valence-electron chi connectivity index (χ2n) is 6.63. The first-order valence-corrected chi connectivity index (χ1v) is 7.47. The molecule has 1 rings (SSSR count). The molecular weight excluding hydrogens is 270 g/mol. The summed E-state index contributed by atoms with van der Waals surface area (Å²) in [7, 11) is 0. The molecule has 2 atom stereocenters. The van der Waals surface area contributed by atoms with Gasteiger partial charge in [0.2, 0.25) is 11.8 Å². The van der Waals surface area contributed by atoms with Crippen molar-refractivity contribution in [3.63, 3.8) is 0 Å². The van der Waals surface area contributed by atoms with E-state index in [9.17, 15) is 4.79 Å². The molecule has 0 saturated heterocycles. The van der Waals surface area contributed by atoms with Crippen LogP contribution in [0.5, 0.6) is 0 Å². The second-order valence-corrected chi connectivity index (χ2v) is 6.63. The number of rotatable bonds is 7. The zero-order valence-corrected chi connectivity index (χ0v) is 13.6. The minimum atomic E-state index is -0.130. The largest absolute Gasteiger partial charge is 0.396 e. The Morgan fingerprint density at radius 3 is 2.57 bits per heavy atom. The van der Waals surface area contributed by atoms with E-state index in [1.54, 1.807) is 0 Å². The molecule has 2 unspecified atom stereocenters. The van der Waals surface area contributed by atoms with Crippen molar-refractivity contribution in [3.8, 4) is 0 Å². The summed E-state index contributed by atoms with van der Waals surface area (Å²) < 4.78 is 5.18. The van der Waals surface area contributed by atoms with Crippen LogP contribution in [0.3, 0.4) is 0 Å². The molecule has 0 aliphatic heterocycles. The fraction of sp³-hybridized carbons (Fsp3) is 0.800. The number of carbonyl (C=O) groups is 1. The highest BCUT2D eigenvalue weighted by Crippen LogP contribution is 2.18. The van der Waals surface area contributed by atoms with Gasteiger partial charge in [-0.05, 0) is 19.3 Å². The van der Waals surface area contributed by atoms with Crippen molar-refractivity contribution < 1.29 is 14.4 Å². The predicted molar refractivity (Wildman–Crippen MR) is 79.8 cm³/mol. The van der Waals surface area contributed by atoms with Gasteiger partial charge in [-0.15, -0.1) is 0 Å². The van der Waals surface area contributed by atoms with Crippen molar-refractivity contribution in [2.45, 2.75) is 65.3 Å². The molecule has 6 nitrogen and oxygen atoms in total. The third-order valence-corrected chi connectivity index (χ3v) is 3.46. The molecule has 1 aromatic rings. The Bertz CT molecular complexity index is 451. The van der Waals surface area contributed by atoms with Crippen LogP contribution in [0.25, 0.3) is 0 Å². The lowest BCUT2D eigenvalue weighted by Crippen LogP contribution is -2.38. The SMILES string of the molecule is CC(CO)C(C)NC(=O)CCCc1nc(C(C)(C)C)no1. The van der Waals surface area contributed by atoms with Crippen molar-refractivity contribution in [1.29, 1.82) is 0 Å². The molecule has 0 saturated carbocycles. The molecule has 1 aromatic heterocycles. The fourth-order valence-electron chi connectivity index (χ4n) is 1.69. The first-order valence-electron chi connectivity index (χ1n) is 7.47. The summed E-state index contributed by atoms with van der Waals surface area (Å²) in [5.41, 5.74) is -0.130. The van der Waals surface area contributed by atoms with Crippen molar-refractivity contribution in [2.75, 3.05) is 6.61 Å². The fourth-order valence-corrected chi connectivity index (χ4v) is 1.69. The summed E-state index contributed by atoms with van der Waals surface area (Å²) in [5.74, 6) is 1.30. The number of aromatic nitrogens is 2. The van der Waals surface area contributed by atoms with Crippen molar-refractivity contribution >= 4 is 5.91 Å². The number of nitrogens with one attached hydrogen (secondary N) is 1. The van der Waals surface area contributed by atoms with Crippen LogP contribution in [0, 0.1) is 5.92 Å². The van der Waals surface area contributed by atoms with E-state index in [0.717, 1.165) is 0 Å². The normalized spacial score (nSPS) is 14.8. The first kappa shape index (κ1) is 17.6. The van der Waals surface area contributed by atoms with Crippen molar-refractivity contribution in [1.82, 2.24) is 15.5 Å². The quantitative estimate of drug-likeness (QED) is 0.801. The number of aryl methyl sites for hydroxylation is 1. The Morgan fingerprint density at radius 2 is 2.05 bits per heavy atom. The molecule has 0 aromatic carbocycles. The van der Waals surface area contributed by atoms with Gasteiger partial charge in [-0.25, -0.2) is 0 Å². The number of hydrogen-bond donors (Lipinski definition) is 2. The standard InChI is InChI=1S/C15H27N3O3/c1-10(9-19)11(2)16-12(20)7-6-8-13-17-14(18-21-13)15(3,4)5/h10-11,19H,6-9H2,1-5H3,(H,16,20). The Labute approximate surface area is 126 Å². The monoisotopic (exact) mass is 297 g/mol. The van der Waals surface area contributed by atoms with Gasteiger partial charge in [0, 0.05) is 30.9 Å². The molecule has 120 valence electrons. The van der Waals surface area contributed by atoms with Crippen LogP contribution in [0.15, 0.2) is 4.52 Å². The number of hydrogen-bond acceptors (Lipinski definition) is 5. The van der Waals surface area contributed by atoms with Crippen LogP contribution in [0.2, 0.25) is 0 Å². The van der Waals surface area contributed by atoms with Crippen LogP contribution >= 0.6 is 0 Å². The summed E-state index contributed by atoms with van der Waals surface area (Å²) in [6.45, 7) is 9.94. The maximum Gasteiger partial charge on any atom is 0.226 e. The van der Waals surface area contributed by atoms with Gasteiger partial charge in [0.1, 0.15) is 0 Å². The molecule has 6 heteroatoms. The van der Waals surface area contributed by atoms with Gasteiger partial charge in [-0.2, -0.15) is 4.98 Å². The van der Waals surface area contributed by atoms with E-state index >= 15 is 0 Å². The van der Waals surface area contributed by atoms with E-state index in [1.165, 1.54) is 0 Å². The lowest BCUT2D eigenvalue weighted by molar-refractivity contribution is -0.122. The Kier molecular flexibility index (Phi) is 6.33. The first-order chi connectivity index (χ1) is 9.74. The van der Waals surface area contributed by atoms with Gasteiger partial charge < -0.3 is 14.9 Å². The summed E-state index contributed by atoms with van der Waals surface area (Å²) in [6.07, 6.45) is 1.67. The molecule has 0 aliphatic rings. The van der Waals surface area contributed by atoms with Gasteiger partial charge in [-0.3, -0.25) is 4.79 Å². The summed E-state index contributed by atoms with van der Waals surface area (Å²) in [6, 6.07) is -0.0293. The molecule has 0 fully saturated rings. The molecule has 0 aliphatic carbocycles. The van der Waals surface area contributed by atoms with E-state index in [1.807, 2.05) is 34.6 Å². The van der Waals surface area contributed by atoms with Gasteiger partial charge in [0.25, 0.3) is 0 Å². The summed E-state index contributed by atoms with van der Waals surface area (Å²) in [4.78, 5) is 16.1. The maximum atomic E-state index is 11.8. The minimum absolute atomic E-state index is 0.0154. The average Bonchev–Trinajstić information content (AvgIpc) is 2.86. The lowest BCUT2D eigenvalue weighted by Gasteiger charge is -2.19. The number of amides is 1. The van der Waals surface area contributed by atoms with E-state index in [-0.39, 0.29) is 29.9 Å². The average molecular weight is 297 g/mol. The summed E-state index contributed by atoms with van der Waals surface area (Å²) in [5, 5.41) is 15.9. The molecule has 0 spiro atoms. The highest BCUT2D eigenvalue weighted by molar-refractivity contribution is 5.76. The van der Waals surface area contributed by atoms with Crippen molar-refractivity contribution in [3.05, 3.63) is 11.7 Å². The topological polar surface area (TPSA) is 88.2 Å². The Balaban J connectivity index is 2.33.